The molecule has 2 aromatic carbocycles. The fourth-order valence-electron chi connectivity index (χ4n) is 4.82. The number of rotatable bonds is 10. The van der Waals surface area contributed by atoms with E-state index in [4.69, 9.17) is 14.5 Å². The molecule has 0 saturated carbocycles. The van der Waals surface area contributed by atoms with Crippen LogP contribution in [0.2, 0.25) is 0 Å². The van der Waals surface area contributed by atoms with Gasteiger partial charge in [0, 0.05) is 29.6 Å². The van der Waals surface area contributed by atoms with Crippen LogP contribution in [0, 0.1) is 5.92 Å². The summed E-state index contributed by atoms with van der Waals surface area (Å²) in [5.74, 6) is 1.42. The molecule has 1 aliphatic carbocycles. The van der Waals surface area contributed by atoms with Crippen molar-refractivity contribution in [2.75, 3.05) is 49.2 Å². The van der Waals surface area contributed by atoms with E-state index in [0.29, 0.717) is 33.6 Å². The van der Waals surface area contributed by atoms with E-state index in [1.807, 2.05) is 12.2 Å². The van der Waals surface area contributed by atoms with E-state index in [1.54, 1.807) is 44.6 Å². The highest BCUT2D eigenvalue weighted by Crippen LogP contribution is 2.30. The van der Waals surface area contributed by atoms with Crippen LogP contribution in [0.5, 0.6) is 11.5 Å². The summed E-state index contributed by atoms with van der Waals surface area (Å²) in [7, 11) is -1.01. The standard InChI is InChI=1S/C29H34N6O5S/c1-19-9-10-25-26(13-19)33-29(28(32-25)31-21-14-22(39-2)17-23(15-21)40-3)34-41(37,38)24-8-6-7-20(16-24)30-27(36)18-35-11-4-5-12-35/h6-8,10,13-17,19H,4-5,9,11-12,18H2,1-3H3,(H,30,36)(H,31,32)(H,33,34). The van der Waals surface area contributed by atoms with E-state index in [0.717, 1.165) is 32.4 Å². The number of amides is 1. The van der Waals surface area contributed by atoms with Gasteiger partial charge in [-0.1, -0.05) is 25.1 Å². The Kier molecular flexibility index (Phi) is 8.41. The number of anilines is 4. The lowest BCUT2D eigenvalue weighted by Crippen LogP contribution is -2.36. The molecule has 2 heterocycles. The van der Waals surface area contributed by atoms with Crippen LogP contribution in [-0.2, 0) is 14.8 Å². The molecular weight excluding hydrogens is 544 g/mol. The highest BCUT2D eigenvalue weighted by Gasteiger charge is 2.21. The van der Waals surface area contributed by atoms with Gasteiger partial charge in [-0.25, -0.2) is 18.4 Å². The molecular formula is C29H34N6O5S. The predicted octanol–water partition coefficient (Wildman–Crippen LogP) is 2.67. The fourth-order valence-corrected chi connectivity index (χ4v) is 5.87. The van der Waals surface area contributed by atoms with Crippen molar-refractivity contribution in [3.63, 3.8) is 0 Å². The number of nitrogens with one attached hydrogen (secondary N) is 3. The normalized spacial score (nSPS) is 16.6. The van der Waals surface area contributed by atoms with E-state index >= 15 is 0 Å². The Bertz CT molecular complexity index is 1650. The zero-order valence-electron chi connectivity index (χ0n) is 23.3. The van der Waals surface area contributed by atoms with Gasteiger partial charge in [-0.05, 0) is 56.5 Å². The van der Waals surface area contributed by atoms with Gasteiger partial charge in [-0.2, -0.15) is 0 Å². The highest BCUT2D eigenvalue weighted by atomic mass is 32.2. The maximum atomic E-state index is 13.6. The van der Waals surface area contributed by atoms with Gasteiger partial charge in [-0.15, -0.1) is 0 Å². The largest absolute Gasteiger partial charge is 0.497 e. The zero-order chi connectivity index (χ0) is 29.0. The van der Waals surface area contributed by atoms with Gasteiger partial charge in [0.25, 0.3) is 10.0 Å². The molecule has 5 rings (SSSR count). The Morgan fingerprint density at radius 2 is 1.68 bits per heavy atom. The molecule has 1 amide bonds. The third kappa shape index (κ3) is 6.95. The zero-order valence-corrected chi connectivity index (χ0v) is 24.1. The molecule has 1 saturated heterocycles. The lowest BCUT2D eigenvalue weighted by molar-refractivity contribution is -0.117. The molecule has 3 N–H and O–H groups in total. The van der Waals surface area contributed by atoms with Crippen molar-refractivity contribution >= 4 is 51.1 Å². The number of aromatic nitrogens is 2. The number of hydrogen-bond acceptors (Lipinski definition) is 9. The molecule has 41 heavy (non-hydrogen) atoms. The number of carbonyl (C=O) groups is 1. The van der Waals surface area contributed by atoms with Crippen molar-refractivity contribution in [2.24, 2.45) is 5.92 Å². The van der Waals surface area contributed by atoms with E-state index in [2.05, 4.69) is 32.2 Å². The number of sulfonamides is 1. The Morgan fingerprint density at radius 3 is 2.39 bits per heavy atom. The molecule has 0 bridgehead atoms. The second-order valence-electron chi connectivity index (χ2n) is 10.2. The second kappa shape index (κ2) is 12.1. The summed E-state index contributed by atoms with van der Waals surface area (Å²) in [5.41, 5.74) is 0.971. The summed E-state index contributed by atoms with van der Waals surface area (Å²) in [6.07, 6.45) is 6.91. The number of carbonyl (C=O) groups excluding carboxylic acids is 1. The number of hydrogen-bond donors (Lipinski definition) is 3. The van der Waals surface area contributed by atoms with E-state index in [9.17, 15) is 13.2 Å². The Labute approximate surface area is 239 Å². The Morgan fingerprint density at radius 1 is 0.976 bits per heavy atom. The van der Waals surface area contributed by atoms with Crippen molar-refractivity contribution in [1.82, 2.24) is 14.9 Å². The monoisotopic (exact) mass is 578 g/mol. The van der Waals surface area contributed by atoms with Crippen LogP contribution in [0.3, 0.4) is 0 Å². The molecule has 12 heteroatoms. The lowest BCUT2D eigenvalue weighted by atomic mass is 10.0. The number of nitrogens with zero attached hydrogens (tertiary/aromatic N) is 3. The van der Waals surface area contributed by atoms with Crippen LogP contribution in [-0.4, -0.2) is 63.0 Å². The molecule has 3 aromatic rings. The SMILES string of the molecule is COc1cc(Nc2nc3c(nc2NS(=O)(=O)c2cccc(NC(=O)CN4CCCC4)c2)=CC(C)CC=3)cc(OC)c1. The van der Waals surface area contributed by atoms with Crippen molar-refractivity contribution in [1.29, 1.82) is 0 Å². The van der Waals surface area contributed by atoms with Gasteiger partial charge in [-0.3, -0.25) is 14.4 Å². The fraction of sp³-hybridized carbons (Fsp3) is 0.345. The smallest absolute Gasteiger partial charge is 0.263 e. The van der Waals surface area contributed by atoms with Crippen LogP contribution >= 0.6 is 0 Å². The van der Waals surface area contributed by atoms with Gasteiger partial charge >= 0.3 is 0 Å². The summed E-state index contributed by atoms with van der Waals surface area (Å²) >= 11 is 0. The minimum atomic E-state index is -4.10. The number of likely N-dealkylation sites (tertiary alicyclic amines) is 1. The first kappa shape index (κ1) is 28.4. The topological polar surface area (TPSA) is 135 Å². The number of benzene rings is 2. The van der Waals surface area contributed by atoms with E-state index in [-0.39, 0.29) is 34.9 Å². The van der Waals surface area contributed by atoms with Crippen molar-refractivity contribution in [3.8, 4) is 11.5 Å². The molecule has 1 aromatic heterocycles. The van der Waals surface area contributed by atoms with Crippen LogP contribution in [0.1, 0.15) is 26.2 Å². The van der Waals surface area contributed by atoms with E-state index < -0.39 is 10.0 Å². The summed E-state index contributed by atoms with van der Waals surface area (Å²) in [5, 5.41) is 7.24. The average molecular weight is 579 g/mol. The molecule has 0 spiro atoms. The van der Waals surface area contributed by atoms with Gasteiger partial charge in [0.2, 0.25) is 5.91 Å². The molecule has 1 unspecified atom stereocenters. The minimum absolute atomic E-state index is 0.0195. The third-order valence-corrected chi connectivity index (χ3v) is 8.25. The van der Waals surface area contributed by atoms with Crippen molar-refractivity contribution < 1.29 is 22.7 Å². The molecule has 1 fully saturated rings. The van der Waals surface area contributed by atoms with Crippen LogP contribution in [0.25, 0.3) is 12.2 Å². The second-order valence-corrected chi connectivity index (χ2v) is 11.8. The van der Waals surface area contributed by atoms with Gasteiger partial charge in [0.05, 0.1) is 36.4 Å². The summed E-state index contributed by atoms with van der Waals surface area (Å²) in [6, 6.07) is 11.4. The maximum absolute atomic E-state index is 13.6. The van der Waals surface area contributed by atoms with Crippen molar-refractivity contribution in [2.45, 2.75) is 31.1 Å². The predicted molar refractivity (Wildman–Crippen MR) is 158 cm³/mol. The molecule has 11 nitrogen and oxygen atoms in total. The quantitative estimate of drug-likeness (QED) is 0.332. The lowest BCUT2D eigenvalue weighted by Gasteiger charge is -2.16. The number of fused-ring (bicyclic) bond motifs is 1. The highest BCUT2D eigenvalue weighted by molar-refractivity contribution is 7.92. The summed E-state index contributed by atoms with van der Waals surface area (Å²) < 4.78 is 40.5. The van der Waals surface area contributed by atoms with E-state index in [1.165, 1.54) is 12.1 Å². The first-order chi connectivity index (χ1) is 19.7. The first-order valence-corrected chi connectivity index (χ1v) is 15.0. The van der Waals surface area contributed by atoms with Crippen LogP contribution < -0.4 is 35.5 Å². The third-order valence-electron chi connectivity index (χ3n) is 6.92. The minimum Gasteiger partial charge on any atom is -0.497 e. The summed E-state index contributed by atoms with van der Waals surface area (Å²) in [6.45, 7) is 4.11. The Hall–Kier alpha value is -4.16. The van der Waals surface area contributed by atoms with Crippen LogP contribution in [0.4, 0.5) is 23.0 Å². The molecule has 216 valence electrons. The van der Waals surface area contributed by atoms with Crippen molar-refractivity contribution in [3.05, 3.63) is 53.2 Å². The van der Waals surface area contributed by atoms with Crippen LogP contribution in [0.15, 0.2) is 47.4 Å². The summed E-state index contributed by atoms with van der Waals surface area (Å²) in [4.78, 5) is 23.9. The molecule has 1 aliphatic heterocycles. The molecule has 1 atom stereocenters. The van der Waals surface area contributed by atoms with Gasteiger partial charge < -0.3 is 20.1 Å². The first-order valence-electron chi connectivity index (χ1n) is 13.5. The number of ether oxygens (including phenoxy) is 2. The maximum Gasteiger partial charge on any atom is 0.263 e. The van der Waals surface area contributed by atoms with Gasteiger partial charge in [0.1, 0.15) is 11.5 Å². The average Bonchev–Trinajstić information content (AvgIpc) is 3.46. The number of methoxy groups -OCH3 is 2. The van der Waals surface area contributed by atoms with Gasteiger partial charge in [0.15, 0.2) is 11.6 Å². The molecule has 0 radical (unpaired) electrons. The Balaban J connectivity index is 1.45. The molecule has 2 aliphatic rings.